The van der Waals surface area contributed by atoms with Crippen molar-refractivity contribution >= 4 is 29.1 Å². The van der Waals surface area contributed by atoms with E-state index in [0.717, 1.165) is 5.56 Å². The van der Waals surface area contributed by atoms with Crippen LogP contribution in [0.4, 0.5) is 0 Å². The number of halogens is 2. The van der Waals surface area contributed by atoms with E-state index in [4.69, 9.17) is 23.2 Å². The summed E-state index contributed by atoms with van der Waals surface area (Å²) < 4.78 is 0. The summed E-state index contributed by atoms with van der Waals surface area (Å²) in [6.07, 6.45) is 1.05. The van der Waals surface area contributed by atoms with Gasteiger partial charge in [-0.2, -0.15) is 0 Å². The third-order valence-corrected chi connectivity index (χ3v) is 3.23. The largest absolute Gasteiger partial charge is 0.391 e. The molecular weight excluding hydrogens is 273 g/mol. The Kier molecular flexibility index (Phi) is 6.47. The first kappa shape index (κ1) is 15.3. The predicted molar refractivity (Wildman–Crippen MR) is 74.1 cm³/mol. The van der Waals surface area contributed by atoms with Crippen molar-refractivity contribution in [1.82, 2.24) is 5.32 Å². The Labute approximate surface area is 117 Å². The van der Waals surface area contributed by atoms with Crippen LogP contribution in [0.25, 0.3) is 0 Å². The lowest BCUT2D eigenvalue weighted by molar-refractivity contribution is -0.121. The van der Waals surface area contributed by atoms with Gasteiger partial charge < -0.3 is 10.4 Å². The zero-order chi connectivity index (χ0) is 13.5. The molecule has 3 nitrogen and oxygen atoms in total. The molecule has 1 rings (SSSR count). The summed E-state index contributed by atoms with van der Waals surface area (Å²) in [5.41, 5.74) is 0.896. The molecule has 0 spiro atoms. The Morgan fingerprint density at radius 2 is 2.17 bits per heavy atom. The number of benzene rings is 1. The van der Waals surface area contributed by atoms with Crippen LogP contribution in [0.2, 0.25) is 10.0 Å². The highest BCUT2D eigenvalue weighted by molar-refractivity contribution is 6.35. The van der Waals surface area contributed by atoms with E-state index in [1.807, 2.05) is 13.0 Å². The highest BCUT2D eigenvalue weighted by Crippen LogP contribution is 2.21. The fourth-order valence-electron chi connectivity index (χ4n) is 1.44. The third-order valence-electron chi connectivity index (χ3n) is 2.64. The zero-order valence-electron chi connectivity index (χ0n) is 10.2. The molecule has 0 radical (unpaired) electrons. The van der Waals surface area contributed by atoms with E-state index >= 15 is 0 Å². The van der Waals surface area contributed by atoms with Gasteiger partial charge in [0.1, 0.15) is 0 Å². The Bertz CT molecular complexity index is 410. The summed E-state index contributed by atoms with van der Waals surface area (Å²) in [7, 11) is 0. The lowest BCUT2D eigenvalue weighted by atomic mass is 10.1. The van der Waals surface area contributed by atoms with Gasteiger partial charge in [0.2, 0.25) is 5.91 Å². The molecule has 1 amide bonds. The molecule has 0 saturated heterocycles. The highest BCUT2D eigenvalue weighted by Gasteiger charge is 2.07. The van der Waals surface area contributed by atoms with Crippen LogP contribution in [0.3, 0.4) is 0 Å². The van der Waals surface area contributed by atoms with Crippen molar-refractivity contribution in [2.24, 2.45) is 0 Å². The SMILES string of the molecule is CCC(O)CNC(=O)CCc1ccc(Cl)cc1Cl. The number of carbonyl (C=O) groups excluding carboxylic acids is 1. The molecule has 2 N–H and O–H groups in total. The van der Waals surface area contributed by atoms with Gasteiger partial charge in [0.25, 0.3) is 0 Å². The molecule has 0 bridgehead atoms. The van der Waals surface area contributed by atoms with E-state index in [1.165, 1.54) is 0 Å². The molecule has 0 aliphatic rings. The summed E-state index contributed by atoms with van der Waals surface area (Å²) in [6, 6.07) is 5.23. The van der Waals surface area contributed by atoms with Crippen LogP contribution in [0.15, 0.2) is 18.2 Å². The van der Waals surface area contributed by atoms with Gasteiger partial charge in [0, 0.05) is 23.0 Å². The van der Waals surface area contributed by atoms with Gasteiger partial charge in [-0.3, -0.25) is 4.79 Å². The molecule has 0 aliphatic heterocycles. The maximum atomic E-state index is 11.5. The van der Waals surface area contributed by atoms with E-state index in [1.54, 1.807) is 12.1 Å². The van der Waals surface area contributed by atoms with Crippen LogP contribution in [0.5, 0.6) is 0 Å². The van der Waals surface area contributed by atoms with E-state index < -0.39 is 6.10 Å². The molecule has 0 saturated carbocycles. The fraction of sp³-hybridized carbons (Fsp3) is 0.462. The average Bonchev–Trinajstić information content (AvgIpc) is 2.34. The smallest absolute Gasteiger partial charge is 0.220 e. The van der Waals surface area contributed by atoms with Crippen LogP contribution in [-0.4, -0.2) is 23.7 Å². The quantitative estimate of drug-likeness (QED) is 0.846. The summed E-state index contributed by atoms with van der Waals surface area (Å²) in [4.78, 5) is 11.5. The number of nitrogens with one attached hydrogen (secondary N) is 1. The number of aliphatic hydroxyl groups excluding tert-OH is 1. The van der Waals surface area contributed by atoms with Crippen molar-refractivity contribution in [2.75, 3.05) is 6.54 Å². The Balaban J connectivity index is 2.38. The first-order chi connectivity index (χ1) is 8.52. The van der Waals surface area contributed by atoms with Gasteiger partial charge in [0.15, 0.2) is 0 Å². The van der Waals surface area contributed by atoms with Crippen molar-refractivity contribution in [1.29, 1.82) is 0 Å². The van der Waals surface area contributed by atoms with Crippen LogP contribution in [-0.2, 0) is 11.2 Å². The number of amides is 1. The van der Waals surface area contributed by atoms with Crippen molar-refractivity contribution in [3.63, 3.8) is 0 Å². The number of aliphatic hydroxyl groups is 1. The molecule has 0 aromatic heterocycles. The number of aryl methyl sites for hydroxylation is 1. The highest BCUT2D eigenvalue weighted by atomic mass is 35.5. The van der Waals surface area contributed by atoms with Gasteiger partial charge in [-0.1, -0.05) is 36.2 Å². The molecule has 18 heavy (non-hydrogen) atoms. The average molecular weight is 290 g/mol. The minimum absolute atomic E-state index is 0.0893. The Morgan fingerprint density at radius 1 is 1.44 bits per heavy atom. The summed E-state index contributed by atoms with van der Waals surface area (Å²) in [5, 5.41) is 13.1. The minimum atomic E-state index is -0.479. The van der Waals surface area contributed by atoms with Crippen molar-refractivity contribution in [2.45, 2.75) is 32.3 Å². The maximum Gasteiger partial charge on any atom is 0.220 e. The minimum Gasteiger partial charge on any atom is -0.391 e. The standard InChI is InChI=1S/C13H17Cl2NO2/c1-2-11(17)8-16-13(18)6-4-9-3-5-10(14)7-12(9)15/h3,5,7,11,17H,2,4,6,8H2,1H3,(H,16,18). The van der Waals surface area contributed by atoms with Gasteiger partial charge >= 0.3 is 0 Å². The maximum absolute atomic E-state index is 11.5. The second-order valence-corrected chi connectivity index (χ2v) is 4.95. The Morgan fingerprint density at radius 3 is 2.78 bits per heavy atom. The zero-order valence-corrected chi connectivity index (χ0v) is 11.8. The first-order valence-electron chi connectivity index (χ1n) is 5.91. The molecule has 1 aromatic rings. The molecule has 1 atom stereocenters. The van der Waals surface area contributed by atoms with E-state index in [9.17, 15) is 9.90 Å². The van der Waals surface area contributed by atoms with E-state index in [0.29, 0.717) is 35.9 Å². The lowest BCUT2D eigenvalue weighted by Crippen LogP contribution is -2.31. The fourth-order valence-corrected chi connectivity index (χ4v) is 1.94. The normalized spacial score (nSPS) is 12.2. The topological polar surface area (TPSA) is 49.3 Å². The van der Waals surface area contributed by atoms with Crippen molar-refractivity contribution < 1.29 is 9.90 Å². The van der Waals surface area contributed by atoms with Crippen LogP contribution in [0, 0.1) is 0 Å². The molecular formula is C13H17Cl2NO2. The van der Waals surface area contributed by atoms with Crippen LogP contribution in [0.1, 0.15) is 25.3 Å². The van der Waals surface area contributed by atoms with E-state index in [-0.39, 0.29) is 5.91 Å². The monoisotopic (exact) mass is 289 g/mol. The van der Waals surface area contributed by atoms with E-state index in [2.05, 4.69) is 5.32 Å². The predicted octanol–water partition coefficient (Wildman–Crippen LogP) is 2.81. The van der Waals surface area contributed by atoms with Crippen molar-refractivity contribution in [3.05, 3.63) is 33.8 Å². The number of hydrogen-bond acceptors (Lipinski definition) is 2. The lowest BCUT2D eigenvalue weighted by Gasteiger charge is -2.09. The third kappa shape index (κ3) is 5.25. The van der Waals surface area contributed by atoms with Crippen LogP contribution < -0.4 is 5.32 Å². The van der Waals surface area contributed by atoms with Gasteiger partial charge in [-0.25, -0.2) is 0 Å². The molecule has 0 aliphatic carbocycles. The molecule has 5 heteroatoms. The van der Waals surface area contributed by atoms with Gasteiger partial charge in [-0.05, 0) is 30.5 Å². The Hall–Kier alpha value is -0.770. The summed E-state index contributed by atoms with van der Waals surface area (Å²) in [5.74, 6) is -0.0893. The summed E-state index contributed by atoms with van der Waals surface area (Å²) >= 11 is 11.8. The molecule has 0 heterocycles. The molecule has 0 fully saturated rings. The number of rotatable bonds is 6. The molecule has 1 aromatic carbocycles. The first-order valence-corrected chi connectivity index (χ1v) is 6.67. The second-order valence-electron chi connectivity index (χ2n) is 4.10. The number of carbonyl (C=O) groups is 1. The number of hydrogen-bond donors (Lipinski definition) is 2. The summed E-state index contributed by atoms with van der Waals surface area (Å²) in [6.45, 7) is 2.16. The van der Waals surface area contributed by atoms with Crippen LogP contribution >= 0.6 is 23.2 Å². The molecule has 1 unspecified atom stereocenters. The van der Waals surface area contributed by atoms with Gasteiger partial charge in [0.05, 0.1) is 6.10 Å². The van der Waals surface area contributed by atoms with Gasteiger partial charge in [-0.15, -0.1) is 0 Å². The molecule has 100 valence electrons. The second kappa shape index (κ2) is 7.62. The van der Waals surface area contributed by atoms with Crippen molar-refractivity contribution in [3.8, 4) is 0 Å².